The van der Waals surface area contributed by atoms with Gasteiger partial charge in [0.2, 0.25) is 5.95 Å². The molecule has 0 aliphatic heterocycles. The van der Waals surface area contributed by atoms with Crippen molar-refractivity contribution in [3.63, 3.8) is 0 Å². The molecule has 0 fully saturated rings. The second kappa shape index (κ2) is 6.69. The zero-order valence-electron chi connectivity index (χ0n) is 12.5. The third-order valence-electron chi connectivity index (χ3n) is 2.93. The minimum Gasteiger partial charge on any atom is -0.502 e. The zero-order valence-corrected chi connectivity index (χ0v) is 12.5. The van der Waals surface area contributed by atoms with Crippen LogP contribution in [-0.2, 0) is 0 Å². The number of aromatic amines is 1. The summed E-state index contributed by atoms with van der Waals surface area (Å²) >= 11 is 0. The summed E-state index contributed by atoms with van der Waals surface area (Å²) in [6.45, 7) is 3.81. The molecule has 0 saturated carbocycles. The molecule has 0 amide bonds. The quantitative estimate of drug-likeness (QED) is 0.438. The Bertz CT molecular complexity index is 813. The fraction of sp³-hybridized carbons (Fsp3) is 0.214. The van der Waals surface area contributed by atoms with Gasteiger partial charge in [0.05, 0.1) is 16.8 Å². The normalized spacial score (nSPS) is 11.1. The average Bonchev–Trinajstić information content (AvgIpc) is 2.48. The van der Waals surface area contributed by atoms with E-state index in [1.807, 2.05) is 13.8 Å². The van der Waals surface area contributed by atoms with Crippen LogP contribution in [0.1, 0.15) is 31.0 Å². The van der Waals surface area contributed by atoms with Gasteiger partial charge < -0.3 is 5.11 Å². The van der Waals surface area contributed by atoms with Gasteiger partial charge in [-0.1, -0.05) is 13.8 Å². The molecule has 3 N–H and O–H groups in total. The number of phenols is 1. The lowest BCUT2D eigenvalue weighted by Gasteiger charge is -2.05. The first-order valence-electron chi connectivity index (χ1n) is 6.74. The van der Waals surface area contributed by atoms with Crippen LogP contribution in [0.3, 0.4) is 0 Å². The first-order chi connectivity index (χ1) is 10.9. The van der Waals surface area contributed by atoms with Crippen LogP contribution in [0, 0.1) is 10.1 Å². The highest BCUT2D eigenvalue weighted by atomic mass is 16.6. The Morgan fingerprint density at radius 2 is 2.17 bits per heavy atom. The number of anilines is 1. The van der Waals surface area contributed by atoms with Crippen molar-refractivity contribution in [1.82, 2.24) is 9.97 Å². The Morgan fingerprint density at radius 3 is 2.83 bits per heavy atom. The number of aromatic hydroxyl groups is 1. The maximum atomic E-state index is 11.5. The minimum absolute atomic E-state index is 0.0848. The van der Waals surface area contributed by atoms with E-state index in [0.29, 0.717) is 11.3 Å². The number of aromatic nitrogens is 2. The summed E-state index contributed by atoms with van der Waals surface area (Å²) in [5.74, 6) is -0.164. The van der Waals surface area contributed by atoms with Crippen LogP contribution in [0.15, 0.2) is 34.2 Å². The van der Waals surface area contributed by atoms with E-state index in [4.69, 9.17) is 0 Å². The Balaban J connectivity index is 2.18. The SMILES string of the molecule is CC(C)c1cc(=O)[nH]c(N/N=C\c2ccc(O)c([N+](=O)[O-])c2)n1. The maximum absolute atomic E-state index is 11.5. The number of nitrogens with zero attached hydrogens (tertiary/aromatic N) is 3. The van der Waals surface area contributed by atoms with E-state index in [9.17, 15) is 20.0 Å². The lowest BCUT2D eigenvalue weighted by Crippen LogP contribution is -2.12. The Morgan fingerprint density at radius 1 is 1.43 bits per heavy atom. The van der Waals surface area contributed by atoms with Crippen molar-refractivity contribution < 1.29 is 10.0 Å². The predicted octanol–water partition coefficient (Wildman–Crippen LogP) is 1.95. The van der Waals surface area contributed by atoms with Gasteiger partial charge in [0, 0.05) is 17.7 Å². The third-order valence-corrected chi connectivity index (χ3v) is 2.93. The third kappa shape index (κ3) is 4.13. The molecule has 0 unspecified atom stereocenters. The van der Waals surface area contributed by atoms with Crippen LogP contribution in [0.2, 0.25) is 0 Å². The molecule has 9 nitrogen and oxygen atoms in total. The number of hydrogen-bond acceptors (Lipinski definition) is 7. The molecule has 0 atom stereocenters. The number of nitro groups is 1. The minimum atomic E-state index is -0.689. The molecule has 0 aliphatic carbocycles. The molecule has 120 valence electrons. The van der Waals surface area contributed by atoms with Crippen LogP contribution < -0.4 is 11.0 Å². The van der Waals surface area contributed by atoms with Crippen LogP contribution in [0.5, 0.6) is 5.75 Å². The lowest BCUT2D eigenvalue weighted by molar-refractivity contribution is -0.385. The molecule has 1 aromatic carbocycles. The monoisotopic (exact) mass is 317 g/mol. The van der Waals surface area contributed by atoms with E-state index in [0.717, 1.165) is 0 Å². The Kier molecular flexibility index (Phi) is 4.69. The van der Waals surface area contributed by atoms with Gasteiger partial charge in [-0.05, 0) is 18.1 Å². The highest BCUT2D eigenvalue weighted by Gasteiger charge is 2.12. The summed E-state index contributed by atoms with van der Waals surface area (Å²) in [5.41, 5.74) is 2.87. The molecule has 2 aromatic rings. The Hall–Kier alpha value is -3.23. The number of H-pyrrole nitrogens is 1. The smallest absolute Gasteiger partial charge is 0.311 e. The lowest BCUT2D eigenvalue weighted by atomic mass is 10.1. The van der Waals surface area contributed by atoms with Crippen LogP contribution in [0.25, 0.3) is 0 Å². The first-order valence-corrected chi connectivity index (χ1v) is 6.74. The largest absolute Gasteiger partial charge is 0.502 e. The fourth-order valence-corrected chi connectivity index (χ4v) is 1.76. The van der Waals surface area contributed by atoms with Crippen molar-refractivity contribution in [1.29, 1.82) is 0 Å². The number of hydrazone groups is 1. The van der Waals surface area contributed by atoms with Crippen molar-refractivity contribution in [2.24, 2.45) is 5.10 Å². The summed E-state index contributed by atoms with van der Waals surface area (Å²) < 4.78 is 0. The van der Waals surface area contributed by atoms with Gasteiger partial charge >= 0.3 is 5.69 Å². The van der Waals surface area contributed by atoms with Crippen molar-refractivity contribution >= 4 is 17.9 Å². The van der Waals surface area contributed by atoms with Gasteiger partial charge in [-0.25, -0.2) is 10.4 Å². The maximum Gasteiger partial charge on any atom is 0.311 e. The van der Waals surface area contributed by atoms with E-state index >= 15 is 0 Å². The second-order valence-corrected chi connectivity index (χ2v) is 5.05. The van der Waals surface area contributed by atoms with Gasteiger partial charge in [-0.2, -0.15) is 5.10 Å². The molecule has 0 saturated heterocycles. The summed E-state index contributed by atoms with van der Waals surface area (Å²) in [4.78, 5) is 28.3. The van der Waals surface area contributed by atoms with Crippen LogP contribution in [-0.4, -0.2) is 26.2 Å². The molecule has 0 aliphatic rings. The number of rotatable bonds is 5. The zero-order chi connectivity index (χ0) is 17.0. The number of nitrogens with one attached hydrogen (secondary N) is 2. The molecule has 1 aromatic heterocycles. The van der Waals surface area contributed by atoms with Gasteiger partial charge in [0.1, 0.15) is 0 Å². The van der Waals surface area contributed by atoms with Gasteiger partial charge in [-0.15, -0.1) is 0 Å². The fourth-order valence-electron chi connectivity index (χ4n) is 1.76. The van der Waals surface area contributed by atoms with E-state index < -0.39 is 16.4 Å². The molecule has 0 radical (unpaired) electrons. The topological polar surface area (TPSA) is 134 Å². The van der Waals surface area contributed by atoms with Gasteiger partial charge in [0.25, 0.3) is 5.56 Å². The van der Waals surface area contributed by atoms with Crippen molar-refractivity contribution in [2.75, 3.05) is 5.43 Å². The van der Waals surface area contributed by atoms with Crippen molar-refractivity contribution in [2.45, 2.75) is 19.8 Å². The summed E-state index contributed by atoms with van der Waals surface area (Å²) in [7, 11) is 0. The molecular weight excluding hydrogens is 302 g/mol. The van der Waals surface area contributed by atoms with E-state index in [1.165, 1.54) is 30.5 Å². The van der Waals surface area contributed by atoms with Crippen LogP contribution >= 0.6 is 0 Å². The summed E-state index contributed by atoms with van der Waals surface area (Å²) in [5, 5.41) is 24.0. The first kappa shape index (κ1) is 16.1. The van der Waals surface area contributed by atoms with E-state index in [-0.39, 0.29) is 17.4 Å². The molecule has 23 heavy (non-hydrogen) atoms. The molecule has 1 heterocycles. The molecule has 0 spiro atoms. The predicted molar refractivity (Wildman–Crippen MR) is 84.9 cm³/mol. The number of phenolic OH excluding ortho intramolecular Hbond substituents is 1. The standard InChI is InChI=1S/C14H15N5O4/c1-8(2)10-6-13(21)17-14(16-10)18-15-7-9-3-4-12(20)11(5-9)19(22)23/h3-8,20H,1-2H3,(H2,16,17,18,21)/b15-7-. The van der Waals surface area contributed by atoms with Crippen molar-refractivity contribution in [3.8, 4) is 5.75 Å². The number of benzene rings is 1. The van der Waals surface area contributed by atoms with Gasteiger partial charge in [0.15, 0.2) is 5.75 Å². The van der Waals surface area contributed by atoms with Crippen molar-refractivity contribution in [3.05, 3.63) is 56.0 Å². The Labute approximate surface area is 130 Å². The number of hydrogen-bond donors (Lipinski definition) is 3. The van der Waals surface area contributed by atoms with Crippen LogP contribution in [0.4, 0.5) is 11.6 Å². The average molecular weight is 317 g/mol. The second-order valence-electron chi connectivity index (χ2n) is 5.05. The van der Waals surface area contributed by atoms with E-state index in [1.54, 1.807) is 0 Å². The molecular formula is C14H15N5O4. The highest BCUT2D eigenvalue weighted by Crippen LogP contribution is 2.25. The van der Waals surface area contributed by atoms with E-state index in [2.05, 4.69) is 20.5 Å². The summed E-state index contributed by atoms with van der Waals surface area (Å²) in [6, 6.07) is 5.26. The molecule has 9 heteroatoms. The number of nitro benzene ring substituents is 1. The highest BCUT2D eigenvalue weighted by molar-refractivity contribution is 5.81. The van der Waals surface area contributed by atoms with Gasteiger partial charge in [-0.3, -0.25) is 19.9 Å². The molecule has 0 bridgehead atoms. The summed E-state index contributed by atoms with van der Waals surface area (Å²) in [6.07, 6.45) is 1.31. The molecule has 2 rings (SSSR count).